The highest BCUT2D eigenvalue weighted by Crippen LogP contribution is 2.36. The zero-order chi connectivity index (χ0) is 15.6. The second-order valence-corrected chi connectivity index (χ2v) is 8.18. The standard InChI is InChI=1S/C19H26N2S/c1-19(2,3)18-9-8-17(22-18)16-7-5-4-6-15(16)14-21-12-10-20-11-13-21/h4-9,20H,10-14H2,1-3H3. The minimum atomic E-state index is 0.233. The van der Waals surface area contributed by atoms with Crippen LogP contribution in [-0.4, -0.2) is 31.1 Å². The Morgan fingerprint density at radius 2 is 1.77 bits per heavy atom. The molecule has 118 valence electrons. The van der Waals surface area contributed by atoms with E-state index in [9.17, 15) is 0 Å². The summed E-state index contributed by atoms with van der Waals surface area (Å²) >= 11 is 1.94. The van der Waals surface area contributed by atoms with Crippen molar-refractivity contribution >= 4 is 11.3 Å². The summed E-state index contributed by atoms with van der Waals surface area (Å²) in [4.78, 5) is 5.41. The zero-order valence-electron chi connectivity index (χ0n) is 13.9. The van der Waals surface area contributed by atoms with Gasteiger partial charge in [0, 0.05) is 42.5 Å². The smallest absolute Gasteiger partial charge is 0.0349 e. The van der Waals surface area contributed by atoms with Gasteiger partial charge in [0.05, 0.1) is 0 Å². The van der Waals surface area contributed by atoms with Crippen LogP contribution >= 0.6 is 11.3 Å². The van der Waals surface area contributed by atoms with Gasteiger partial charge in [0.1, 0.15) is 0 Å². The predicted molar refractivity (Wildman–Crippen MR) is 96.6 cm³/mol. The van der Waals surface area contributed by atoms with Crippen molar-refractivity contribution < 1.29 is 0 Å². The Morgan fingerprint density at radius 3 is 2.45 bits per heavy atom. The van der Waals surface area contributed by atoms with Crippen molar-refractivity contribution in [3.05, 3.63) is 46.8 Å². The summed E-state index contributed by atoms with van der Waals surface area (Å²) < 4.78 is 0. The van der Waals surface area contributed by atoms with Gasteiger partial charge < -0.3 is 5.32 Å². The fourth-order valence-electron chi connectivity index (χ4n) is 2.89. The Bertz CT molecular complexity index is 618. The molecule has 1 aromatic carbocycles. The lowest BCUT2D eigenvalue weighted by molar-refractivity contribution is 0.233. The first-order chi connectivity index (χ1) is 10.5. The zero-order valence-corrected chi connectivity index (χ0v) is 14.7. The van der Waals surface area contributed by atoms with Crippen LogP contribution in [0.2, 0.25) is 0 Å². The van der Waals surface area contributed by atoms with E-state index in [1.54, 1.807) is 0 Å². The molecular formula is C19H26N2S. The van der Waals surface area contributed by atoms with Crippen molar-refractivity contribution in [1.29, 1.82) is 0 Å². The molecule has 1 aliphatic heterocycles. The molecular weight excluding hydrogens is 288 g/mol. The molecule has 3 rings (SSSR count). The van der Waals surface area contributed by atoms with Gasteiger partial charge in [-0.15, -0.1) is 11.3 Å². The molecule has 2 aromatic rings. The van der Waals surface area contributed by atoms with Crippen LogP contribution in [0.1, 0.15) is 31.2 Å². The highest BCUT2D eigenvalue weighted by molar-refractivity contribution is 7.15. The Kier molecular flexibility index (Phi) is 4.67. The van der Waals surface area contributed by atoms with Gasteiger partial charge >= 0.3 is 0 Å². The van der Waals surface area contributed by atoms with Gasteiger partial charge in [0.2, 0.25) is 0 Å². The highest BCUT2D eigenvalue weighted by Gasteiger charge is 2.18. The van der Waals surface area contributed by atoms with E-state index in [0.717, 1.165) is 32.7 Å². The summed E-state index contributed by atoms with van der Waals surface area (Å²) in [5.74, 6) is 0. The summed E-state index contributed by atoms with van der Waals surface area (Å²) in [6.07, 6.45) is 0. The molecule has 0 aliphatic carbocycles. The topological polar surface area (TPSA) is 15.3 Å². The molecule has 2 nitrogen and oxygen atoms in total. The quantitative estimate of drug-likeness (QED) is 0.917. The normalized spacial score (nSPS) is 16.9. The summed E-state index contributed by atoms with van der Waals surface area (Å²) in [5.41, 5.74) is 3.09. The van der Waals surface area contributed by atoms with Crippen molar-refractivity contribution in [1.82, 2.24) is 10.2 Å². The number of nitrogens with one attached hydrogen (secondary N) is 1. The molecule has 0 spiro atoms. The lowest BCUT2D eigenvalue weighted by Gasteiger charge is -2.27. The largest absolute Gasteiger partial charge is 0.314 e. The highest BCUT2D eigenvalue weighted by atomic mass is 32.1. The van der Waals surface area contributed by atoms with E-state index in [4.69, 9.17) is 0 Å². The molecule has 1 N–H and O–H groups in total. The van der Waals surface area contributed by atoms with Crippen molar-refractivity contribution in [2.75, 3.05) is 26.2 Å². The molecule has 1 aromatic heterocycles. The van der Waals surface area contributed by atoms with Crippen LogP contribution in [0.5, 0.6) is 0 Å². The number of benzene rings is 1. The molecule has 0 atom stereocenters. The van der Waals surface area contributed by atoms with Crippen LogP contribution in [0.3, 0.4) is 0 Å². The summed E-state index contributed by atoms with van der Waals surface area (Å²) in [6.45, 7) is 12.4. The molecule has 1 saturated heterocycles. The van der Waals surface area contributed by atoms with E-state index in [0.29, 0.717) is 0 Å². The first kappa shape index (κ1) is 15.7. The average Bonchev–Trinajstić information content (AvgIpc) is 2.99. The van der Waals surface area contributed by atoms with Crippen molar-refractivity contribution in [3.8, 4) is 10.4 Å². The maximum absolute atomic E-state index is 3.43. The number of nitrogens with zero attached hydrogens (tertiary/aromatic N) is 1. The molecule has 0 saturated carbocycles. The van der Waals surface area contributed by atoms with Crippen LogP contribution in [0.4, 0.5) is 0 Å². The van der Waals surface area contributed by atoms with E-state index < -0.39 is 0 Å². The van der Waals surface area contributed by atoms with Crippen molar-refractivity contribution in [2.45, 2.75) is 32.7 Å². The van der Waals surface area contributed by atoms with Crippen LogP contribution in [0.25, 0.3) is 10.4 Å². The molecule has 2 heterocycles. The summed E-state index contributed by atoms with van der Waals surface area (Å²) in [6, 6.07) is 13.5. The maximum atomic E-state index is 3.43. The first-order valence-electron chi connectivity index (χ1n) is 8.16. The Morgan fingerprint density at radius 1 is 1.05 bits per heavy atom. The van der Waals surface area contributed by atoms with Gasteiger partial charge in [-0.2, -0.15) is 0 Å². The Balaban J connectivity index is 1.86. The van der Waals surface area contributed by atoms with Gasteiger partial charge in [-0.1, -0.05) is 45.0 Å². The van der Waals surface area contributed by atoms with Gasteiger partial charge in [-0.3, -0.25) is 4.90 Å². The Labute approximate surface area is 138 Å². The van der Waals surface area contributed by atoms with Gasteiger partial charge in [0.25, 0.3) is 0 Å². The van der Waals surface area contributed by atoms with Crippen LogP contribution in [0.15, 0.2) is 36.4 Å². The van der Waals surface area contributed by atoms with Crippen molar-refractivity contribution in [3.63, 3.8) is 0 Å². The minimum Gasteiger partial charge on any atom is -0.314 e. The van der Waals surface area contributed by atoms with Crippen LogP contribution in [-0.2, 0) is 12.0 Å². The molecule has 0 bridgehead atoms. The van der Waals surface area contributed by atoms with Crippen molar-refractivity contribution in [2.24, 2.45) is 0 Å². The SMILES string of the molecule is CC(C)(C)c1ccc(-c2ccccc2CN2CCNCC2)s1. The molecule has 0 unspecified atom stereocenters. The van der Waals surface area contributed by atoms with E-state index in [2.05, 4.69) is 67.4 Å². The number of rotatable bonds is 3. The number of piperazine rings is 1. The molecule has 1 fully saturated rings. The third-order valence-electron chi connectivity index (χ3n) is 4.23. The second kappa shape index (κ2) is 6.53. The van der Waals surface area contributed by atoms with Gasteiger partial charge in [-0.25, -0.2) is 0 Å². The van der Waals surface area contributed by atoms with Gasteiger partial charge in [0.15, 0.2) is 0 Å². The van der Waals surface area contributed by atoms with E-state index in [-0.39, 0.29) is 5.41 Å². The average molecular weight is 314 g/mol. The van der Waals surface area contributed by atoms with Crippen LogP contribution in [0, 0.1) is 0 Å². The second-order valence-electron chi connectivity index (χ2n) is 7.10. The van der Waals surface area contributed by atoms with E-state index in [1.165, 1.54) is 20.9 Å². The molecule has 3 heteroatoms. The predicted octanol–water partition coefficient (Wildman–Crippen LogP) is 4.12. The lowest BCUT2D eigenvalue weighted by atomic mass is 9.95. The minimum absolute atomic E-state index is 0.233. The molecule has 1 aliphatic rings. The third-order valence-corrected chi connectivity index (χ3v) is 5.78. The molecule has 0 radical (unpaired) electrons. The van der Waals surface area contributed by atoms with Gasteiger partial charge in [-0.05, 0) is 28.7 Å². The first-order valence-corrected chi connectivity index (χ1v) is 8.97. The summed E-state index contributed by atoms with van der Waals surface area (Å²) in [7, 11) is 0. The molecule has 0 amide bonds. The lowest BCUT2D eigenvalue weighted by Crippen LogP contribution is -2.42. The number of thiophene rings is 1. The molecule has 22 heavy (non-hydrogen) atoms. The van der Waals surface area contributed by atoms with Crippen LogP contribution < -0.4 is 5.32 Å². The fraction of sp³-hybridized carbons (Fsp3) is 0.474. The van der Waals surface area contributed by atoms with E-state index in [1.807, 2.05) is 11.3 Å². The monoisotopic (exact) mass is 314 g/mol. The summed E-state index contributed by atoms with van der Waals surface area (Å²) in [5, 5.41) is 3.43. The number of hydrogen-bond donors (Lipinski definition) is 1. The van der Waals surface area contributed by atoms with E-state index >= 15 is 0 Å². The third kappa shape index (κ3) is 3.60. The fourth-order valence-corrected chi connectivity index (χ4v) is 4.02. The number of hydrogen-bond acceptors (Lipinski definition) is 3. The Hall–Kier alpha value is -1.16. The maximum Gasteiger partial charge on any atom is 0.0349 e.